The topological polar surface area (TPSA) is 81.6 Å². The molecule has 116 valence electrons. The van der Waals surface area contributed by atoms with E-state index in [9.17, 15) is 0 Å². The van der Waals surface area contributed by atoms with Gasteiger partial charge in [0.05, 0.1) is 0 Å². The molecule has 0 radical (unpaired) electrons. The number of nitrogen functional groups attached to an aromatic ring is 1. The highest BCUT2D eigenvalue weighted by Gasteiger charge is 2.06. The summed E-state index contributed by atoms with van der Waals surface area (Å²) in [6.45, 7) is 0.862. The fourth-order valence-corrected chi connectivity index (χ4v) is 2.72. The molecule has 0 fully saturated rings. The summed E-state index contributed by atoms with van der Waals surface area (Å²) in [5.74, 6) is 1.67. The minimum Gasteiger partial charge on any atom is -0.370 e. The van der Waals surface area contributed by atoms with Crippen molar-refractivity contribution in [2.24, 2.45) is 0 Å². The molecular weight excluding hydrogens is 276 g/mol. The molecule has 3 N–H and O–H groups in total. The summed E-state index contributed by atoms with van der Waals surface area (Å²) >= 11 is 0. The fourth-order valence-electron chi connectivity index (χ4n) is 2.72. The lowest BCUT2D eigenvalue weighted by Crippen LogP contribution is -2.09. The lowest BCUT2D eigenvalue weighted by atomic mass is 10.1. The Labute approximate surface area is 130 Å². The first kappa shape index (κ1) is 14.6. The van der Waals surface area contributed by atoms with Gasteiger partial charge in [-0.2, -0.15) is 15.1 Å². The van der Waals surface area contributed by atoms with Crippen molar-refractivity contribution in [2.75, 3.05) is 17.6 Å². The van der Waals surface area contributed by atoms with E-state index in [-0.39, 0.29) is 5.95 Å². The average Bonchev–Trinajstić information content (AvgIpc) is 2.92. The van der Waals surface area contributed by atoms with Gasteiger partial charge in [0, 0.05) is 25.0 Å². The van der Waals surface area contributed by atoms with Crippen molar-refractivity contribution >= 4 is 11.8 Å². The third-order valence-electron chi connectivity index (χ3n) is 3.86. The average molecular weight is 298 g/mol. The summed E-state index contributed by atoms with van der Waals surface area (Å²) in [7, 11) is 0. The number of aromatic nitrogens is 4. The summed E-state index contributed by atoms with van der Waals surface area (Å²) in [5, 5.41) is 7.51. The normalized spacial score (nSPS) is 15.2. The molecule has 0 atom stereocenters. The Morgan fingerprint density at radius 3 is 3.05 bits per heavy atom. The summed E-state index contributed by atoms with van der Waals surface area (Å²) in [4.78, 5) is 8.44. The van der Waals surface area contributed by atoms with Crippen LogP contribution in [0.15, 0.2) is 36.2 Å². The highest BCUT2D eigenvalue weighted by atomic mass is 15.3. The number of hydrogen-bond donors (Lipinski definition) is 2. The van der Waals surface area contributed by atoms with Crippen molar-refractivity contribution in [3.05, 3.63) is 36.2 Å². The van der Waals surface area contributed by atoms with Crippen molar-refractivity contribution in [3.63, 3.8) is 0 Å². The van der Waals surface area contributed by atoms with E-state index >= 15 is 0 Å². The van der Waals surface area contributed by atoms with E-state index in [0.717, 1.165) is 18.8 Å². The van der Waals surface area contributed by atoms with E-state index in [4.69, 9.17) is 5.73 Å². The first-order valence-electron chi connectivity index (χ1n) is 7.87. The van der Waals surface area contributed by atoms with Crippen LogP contribution in [-0.4, -0.2) is 26.3 Å². The van der Waals surface area contributed by atoms with Crippen LogP contribution in [0.1, 0.15) is 38.5 Å². The largest absolute Gasteiger partial charge is 0.370 e. The molecule has 0 saturated carbocycles. The van der Waals surface area contributed by atoms with Gasteiger partial charge in [0.15, 0.2) is 5.82 Å². The van der Waals surface area contributed by atoms with Crippen molar-refractivity contribution in [1.29, 1.82) is 0 Å². The van der Waals surface area contributed by atoms with Crippen molar-refractivity contribution in [2.45, 2.75) is 38.5 Å². The van der Waals surface area contributed by atoms with Gasteiger partial charge in [0.1, 0.15) is 5.82 Å². The predicted molar refractivity (Wildman–Crippen MR) is 87.8 cm³/mol. The second kappa shape index (κ2) is 7.06. The molecule has 0 saturated heterocycles. The van der Waals surface area contributed by atoms with Crippen LogP contribution in [0.25, 0.3) is 5.82 Å². The Bertz CT molecular complexity index is 632. The highest BCUT2D eigenvalue weighted by molar-refractivity contribution is 5.45. The minimum absolute atomic E-state index is 0.254. The van der Waals surface area contributed by atoms with E-state index < -0.39 is 0 Å². The van der Waals surface area contributed by atoms with Gasteiger partial charge in [0.25, 0.3) is 0 Å². The number of anilines is 2. The Morgan fingerprint density at radius 2 is 2.18 bits per heavy atom. The second-order valence-electron chi connectivity index (χ2n) is 5.56. The monoisotopic (exact) mass is 298 g/mol. The zero-order valence-electron chi connectivity index (χ0n) is 12.7. The van der Waals surface area contributed by atoms with Crippen LogP contribution in [-0.2, 0) is 0 Å². The molecule has 0 amide bonds. The van der Waals surface area contributed by atoms with Crippen molar-refractivity contribution in [3.8, 4) is 5.82 Å². The summed E-state index contributed by atoms with van der Waals surface area (Å²) in [5.41, 5.74) is 7.34. The molecule has 22 heavy (non-hydrogen) atoms. The van der Waals surface area contributed by atoms with Crippen LogP contribution < -0.4 is 11.1 Å². The third kappa shape index (κ3) is 3.84. The Hall–Kier alpha value is -2.37. The van der Waals surface area contributed by atoms with Crippen LogP contribution in [0.5, 0.6) is 0 Å². The van der Waals surface area contributed by atoms with E-state index in [0.29, 0.717) is 5.82 Å². The quantitative estimate of drug-likeness (QED) is 0.829. The number of rotatable bonds is 5. The van der Waals surface area contributed by atoms with E-state index in [1.165, 1.54) is 32.1 Å². The molecule has 6 heteroatoms. The van der Waals surface area contributed by atoms with E-state index in [1.807, 2.05) is 18.3 Å². The molecule has 1 aliphatic rings. The molecule has 0 unspecified atom stereocenters. The van der Waals surface area contributed by atoms with Gasteiger partial charge in [-0.1, -0.05) is 18.1 Å². The number of nitrogens with zero attached hydrogens (tertiary/aromatic N) is 4. The molecule has 1 aliphatic carbocycles. The fraction of sp³-hybridized carbons (Fsp3) is 0.438. The Kier molecular flexibility index (Phi) is 4.68. The van der Waals surface area contributed by atoms with E-state index in [2.05, 4.69) is 26.5 Å². The van der Waals surface area contributed by atoms with Crippen LogP contribution in [0, 0.1) is 0 Å². The standard InChI is InChI=1S/C16H22N6/c17-16-20-14(12-15(21-16)22-11-5-9-19-22)18-10-8-13-6-3-1-2-4-7-13/h5-6,9,11-12H,1-4,7-8,10H2,(H3,17,18,20,21). The highest BCUT2D eigenvalue weighted by Crippen LogP contribution is 2.20. The van der Waals surface area contributed by atoms with Crippen LogP contribution in [0.4, 0.5) is 11.8 Å². The lowest BCUT2D eigenvalue weighted by molar-refractivity contribution is 0.704. The maximum Gasteiger partial charge on any atom is 0.224 e. The van der Waals surface area contributed by atoms with Crippen LogP contribution in [0.2, 0.25) is 0 Å². The predicted octanol–water partition coefficient (Wildman–Crippen LogP) is 2.94. The summed E-state index contributed by atoms with van der Waals surface area (Å²) in [6.07, 6.45) is 13.4. The van der Waals surface area contributed by atoms with Crippen molar-refractivity contribution in [1.82, 2.24) is 19.7 Å². The van der Waals surface area contributed by atoms with Gasteiger partial charge >= 0.3 is 0 Å². The van der Waals surface area contributed by atoms with Crippen LogP contribution in [0.3, 0.4) is 0 Å². The zero-order valence-corrected chi connectivity index (χ0v) is 12.7. The summed E-state index contributed by atoms with van der Waals surface area (Å²) in [6, 6.07) is 3.72. The molecular formula is C16H22N6. The summed E-state index contributed by atoms with van der Waals surface area (Å²) < 4.78 is 1.68. The molecule has 2 aromatic heterocycles. The number of hydrogen-bond acceptors (Lipinski definition) is 5. The Morgan fingerprint density at radius 1 is 1.23 bits per heavy atom. The van der Waals surface area contributed by atoms with Gasteiger partial charge in [-0.3, -0.25) is 0 Å². The molecule has 6 nitrogen and oxygen atoms in total. The van der Waals surface area contributed by atoms with Gasteiger partial charge in [-0.05, 0) is 38.2 Å². The number of allylic oxidation sites excluding steroid dienone is 1. The molecule has 0 spiro atoms. The molecule has 2 heterocycles. The van der Waals surface area contributed by atoms with Crippen LogP contribution >= 0.6 is 0 Å². The van der Waals surface area contributed by atoms with Gasteiger partial charge in [0.2, 0.25) is 5.95 Å². The first-order valence-corrected chi connectivity index (χ1v) is 7.87. The number of nitrogens with two attached hydrogens (primary N) is 1. The van der Waals surface area contributed by atoms with Gasteiger partial charge < -0.3 is 11.1 Å². The van der Waals surface area contributed by atoms with Gasteiger partial charge in [-0.15, -0.1) is 0 Å². The SMILES string of the molecule is Nc1nc(NCCC2=CCCCCC2)cc(-n2cccn2)n1. The Balaban J connectivity index is 1.61. The first-order chi connectivity index (χ1) is 10.8. The molecule has 0 aliphatic heterocycles. The minimum atomic E-state index is 0.254. The van der Waals surface area contributed by atoms with E-state index in [1.54, 1.807) is 16.5 Å². The molecule has 0 aromatic carbocycles. The van der Waals surface area contributed by atoms with Crippen molar-refractivity contribution < 1.29 is 0 Å². The maximum absolute atomic E-state index is 5.79. The lowest BCUT2D eigenvalue weighted by Gasteiger charge is -2.10. The maximum atomic E-state index is 5.79. The molecule has 3 rings (SSSR count). The number of nitrogens with one attached hydrogen (secondary N) is 1. The smallest absolute Gasteiger partial charge is 0.224 e. The molecule has 0 bridgehead atoms. The van der Waals surface area contributed by atoms with Gasteiger partial charge in [-0.25, -0.2) is 4.68 Å². The second-order valence-corrected chi connectivity index (χ2v) is 5.56. The molecule has 2 aromatic rings. The zero-order chi connectivity index (χ0) is 15.2. The third-order valence-corrected chi connectivity index (χ3v) is 3.86.